The Morgan fingerprint density at radius 1 is 0.345 bits per heavy atom. The van der Waals surface area contributed by atoms with Crippen molar-refractivity contribution in [2.45, 2.75) is 257 Å². The van der Waals surface area contributed by atoms with Crippen molar-refractivity contribution in [3.63, 3.8) is 0 Å². The van der Waals surface area contributed by atoms with E-state index in [-0.39, 0.29) is 0 Å². The summed E-state index contributed by atoms with van der Waals surface area (Å²) in [6, 6.07) is 7.98. The fourth-order valence-electron chi connectivity index (χ4n) is 7.95. The number of unbranched alkanes of at least 4 members (excludes halogenated alkanes) is 34. The van der Waals surface area contributed by atoms with Crippen LogP contribution < -0.4 is 10.6 Å². The van der Waals surface area contributed by atoms with Gasteiger partial charge in [-0.15, -0.1) is 0 Å². The van der Waals surface area contributed by atoms with Crippen molar-refractivity contribution in [2.75, 3.05) is 50.2 Å². The number of benzene rings is 1. The molecule has 342 valence electrons. The van der Waals surface area contributed by atoms with Crippen LogP contribution in [0.25, 0.3) is 0 Å². The molecule has 1 aromatic carbocycles. The predicted molar refractivity (Wildman–Crippen MR) is 255 cm³/mol. The second-order valence-electron chi connectivity index (χ2n) is 17.8. The van der Waals surface area contributed by atoms with Crippen LogP contribution in [0, 0.1) is 0 Å². The van der Waals surface area contributed by atoms with Crippen LogP contribution in [0.5, 0.6) is 0 Å². The molecule has 58 heavy (non-hydrogen) atoms. The minimum Gasteiger partial charge on any atom is -0.389 e. The van der Waals surface area contributed by atoms with Crippen LogP contribution >= 0.6 is 0 Å². The van der Waals surface area contributed by atoms with Gasteiger partial charge in [0.05, 0.1) is 25.4 Å². The highest BCUT2D eigenvalue weighted by Crippen LogP contribution is 2.17. The fourth-order valence-corrected chi connectivity index (χ4v) is 7.95. The zero-order valence-corrected chi connectivity index (χ0v) is 38.9. The Kier molecular flexibility index (Phi) is 42.6. The highest BCUT2D eigenvalue weighted by molar-refractivity contribution is 5.53. The van der Waals surface area contributed by atoms with E-state index in [4.69, 9.17) is 9.47 Å². The standard InChI is InChI=1S/C52H100N2O4/c1-3-5-7-9-11-13-15-17-19-21-23-25-27-29-31-33-35-37-43-57-47-51(55)45-53-49-39-41-50(42-40-49)54-46-52(56)48-58-44-38-36-34-32-30-28-26-24-22-20-18-16-14-12-10-8-6-4-2/h39-42,51-56H,3-38,43-48H2,1-2H3. The molecule has 0 saturated heterocycles. The first-order chi connectivity index (χ1) is 28.7. The van der Waals surface area contributed by atoms with Crippen molar-refractivity contribution < 1.29 is 19.7 Å². The van der Waals surface area contributed by atoms with Crippen LogP contribution in [0.15, 0.2) is 24.3 Å². The number of aliphatic hydroxyl groups excluding tert-OH is 2. The second-order valence-corrected chi connectivity index (χ2v) is 17.8. The molecule has 1 rings (SSSR count). The minimum atomic E-state index is -0.530. The predicted octanol–water partition coefficient (Wildman–Crippen LogP) is 15.3. The molecule has 6 nitrogen and oxygen atoms in total. The van der Waals surface area contributed by atoms with E-state index in [2.05, 4.69) is 24.5 Å². The minimum absolute atomic E-state index is 0.366. The van der Waals surface area contributed by atoms with E-state index in [1.54, 1.807) is 0 Å². The van der Waals surface area contributed by atoms with Gasteiger partial charge in [0.25, 0.3) is 0 Å². The molecule has 1 aromatic rings. The summed E-state index contributed by atoms with van der Waals surface area (Å²) >= 11 is 0. The van der Waals surface area contributed by atoms with Gasteiger partial charge in [0.15, 0.2) is 0 Å². The monoisotopic (exact) mass is 817 g/mol. The maximum absolute atomic E-state index is 10.4. The van der Waals surface area contributed by atoms with Crippen molar-refractivity contribution in [1.82, 2.24) is 0 Å². The average Bonchev–Trinajstić information content (AvgIpc) is 3.23. The quantitative estimate of drug-likeness (QED) is 0.0491. The lowest BCUT2D eigenvalue weighted by Crippen LogP contribution is -2.25. The van der Waals surface area contributed by atoms with E-state index in [0.717, 1.165) is 37.4 Å². The Morgan fingerprint density at radius 2 is 0.552 bits per heavy atom. The maximum Gasteiger partial charge on any atom is 0.0945 e. The zero-order chi connectivity index (χ0) is 41.7. The molecule has 0 aromatic heterocycles. The normalized spacial score (nSPS) is 12.6. The van der Waals surface area contributed by atoms with E-state index in [0.29, 0.717) is 26.3 Å². The van der Waals surface area contributed by atoms with Gasteiger partial charge in [-0.25, -0.2) is 0 Å². The van der Waals surface area contributed by atoms with Crippen molar-refractivity contribution in [3.05, 3.63) is 24.3 Å². The van der Waals surface area contributed by atoms with Crippen molar-refractivity contribution >= 4 is 11.4 Å². The first kappa shape index (κ1) is 54.7. The van der Waals surface area contributed by atoms with Gasteiger partial charge in [0.2, 0.25) is 0 Å². The van der Waals surface area contributed by atoms with Gasteiger partial charge in [-0.2, -0.15) is 0 Å². The summed E-state index contributed by atoms with van der Waals surface area (Å²) in [5.41, 5.74) is 1.92. The van der Waals surface area contributed by atoms with Crippen molar-refractivity contribution in [1.29, 1.82) is 0 Å². The van der Waals surface area contributed by atoms with E-state index < -0.39 is 12.2 Å². The lowest BCUT2D eigenvalue weighted by Gasteiger charge is -2.15. The first-order valence-electron chi connectivity index (χ1n) is 25.7. The molecule has 0 aliphatic carbocycles. The lowest BCUT2D eigenvalue weighted by atomic mass is 10.0. The summed E-state index contributed by atoms with van der Waals surface area (Å²) in [5.74, 6) is 0. The van der Waals surface area contributed by atoms with Gasteiger partial charge < -0.3 is 30.3 Å². The third kappa shape index (κ3) is 40.1. The molecule has 6 heteroatoms. The lowest BCUT2D eigenvalue weighted by molar-refractivity contribution is 0.0416. The smallest absolute Gasteiger partial charge is 0.0945 e. The average molecular weight is 817 g/mol. The first-order valence-corrected chi connectivity index (χ1v) is 25.7. The third-order valence-electron chi connectivity index (χ3n) is 11.9. The zero-order valence-electron chi connectivity index (χ0n) is 38.9. The Bertz CT molecular complexity index is 842. The molecule has 0 bridgehead atoms. The highest BCUT2D eigenvalue weighted by Gasteiger charge is 2.07. The Morgan fingerprint density at radius 3 is 0.776 bits per heavy atom. The summed E-state index contributed by atoms with van der Waals surface area (Å²) < 4.78 is 11.5. The topological polar surface area (TPSA) is 83.0 Å². The second kappa shape index (κ2) is 45.2. The molecule has 4 N–H and O–H groups in total. The molecule has 0 heterocycles. The third-order valence-corrected chi connectivity index (χ3v) is 11.9. The summed E-state index contributed by atoms with van der Waals surface area (Å²) in [6.45, 7) is 7.69. The van der Waals surface area contributed by atoms with Gasteiger partial charge in [-0.05, 0) is 37.1 Å². The largest absolute Gasteiger partial charge is 0.389 e. The fraction of sp³-hybridized carbons (Fsp3) is 0.885. The number of anilines is 2. The van der Waals surface area contributed by atoms with Crippen LogP contribution in [0.3, 0.4) is 0 Å². The van der Waals surface area contributed by atoms with Crippen molar-refractivity contribution in [2.24, 2.45) is 0 Å². The number of aliphatic hydroxyl groups is 2. The summed E-state index contributed by atoms with van der Waals surface area (Å²) in [6.07, 6.45) is 48.6. The SMILES string of the molecule is CCCCCCCCCCCCCCCCCCCCOCC(O)CNc1ccc(NCC(O)COCCCCCCCCCCCCCCCCCCCC)cc1. The van der Waals surface area contributed by atoms with Crippen LogP contribution in [-0.4, -0.2) is 61.9 Å². The highest BCUT2D eigenvalue weighted by atomic mass is 16.5. The van der Waals surface area contributed by atoms with Gasteiger partial charge in [0, 0.05) is 37.7 Å². The molecule has 0 radical (unpaired) electrons. The molecule has 0 fully saturated rings. The molecule has 2 atom stereocenters. The molecule has 0 aliphatic rings. The molecule has 0 spiro atoms. The van der Waals surface area contributed by atoms with Crippen LogP contribution in [0.4, 0.5) is 11.4 Å². The van der Waals surface area contributed by atoms with E-state index in [9.17, 15) is 10.2 Å². The van der Waals surface area contributed by atoms with Gasteiger partial charge >= 0.3 is 0 Å². The molecular weight excluding hydrogens is 717 g/mol. The Balaban J connectivity index is 1.84. The summed E-state index contributed by atoms with van der Waals surface area (Å²) in [5, 5.41) is 27.3. The van der Waals surface area contributed by atoms with Crippen LogP contribution in [0.2, 0.25) is 0 Å². The molecular formula is C52H100N2O4. The molecule has 0 saturated carbocycles. The molecule has 2 unspecified atom stereocenters. The van der Waals surface area contributed by atoms with Gasteiger partial charge in [-0.3, -0.25) is 0 Å². The summed E-state index contributed by atoms with van der Waals surface area (Å²) in [7, 11) is 0. The number of hydrogen-bond acceptors (Lipinski definition) is 6. The van der Waals surface area contributed by atoms with E-state index in [1.807, 2.05) is 24.3 Å². The van der Waals surface area contributed by atoms with Crippen LogP contribution in [0.1, 0.15) is 245 Å². The van der Waals surface area contributed by atoms with Crippen LogP contribution in [-0.2, 0) is 9.47 Å². The maximum atomic E-state index is 10.4. The molecule has 0 aliphatic heterocycles. The Hall–Kier alpha value is -1.34. The van der Waals surface area contributed by atoms with E-state index in [1.165, 1.54) is 218 Å². The van der Waals surface area contributed by atoms with Gasteiger partial charge in [0.1, 0.15) is 0 Å². The Labute approximate surface area is 361 Å². The van der Waals surface area contributed by atoms with E-state index >= 15 is 0 Å². The number of hydrogen-bond donors (Lipinski definition) is 4. The summed E-state index contributed by atoms with van der Waals surface area (Å²) in [4.78, 5) is 0. The number of ether oxygens (including phenoxy) is 2. The molecule has 0 amide bonds. The number of rotatable bonds is 48. The van der Waals surface area contributed by atoms with Gasteiger partial charge in [-0.1, -0.05) is 232 Å². The number of nitrogens with one attached hydrogen (secondary N) is 2. The van der Waals surface area contributed by atoms with Crippen molar-refractivity contribution in [3.8, 4) is 0 Å².